The predicted molar refractivity (Wildman–Crippen MR) is 75.2 cm³/mol. The third-order valence-corrected chi connectivity index (χ3v) is 4.19. The minimum absolute atomic E-state index is 0.131. The molecule has 100 valence electrons. The van der Waals surface area contributed by atoms with E-state index in [-0.39, 0.29) is 6.61 Å². The van der Waals surface area contributed by atoms with Crippen molar-refractivity contribution in [3.8, 4) is 0 Å². The fourth-order valence-electron chi connectivity index (χ4n) is 2.84. The molecule has 1 atom stereocenters. The van der Waals surface area contributed by atoms with Crippen molar-refractivity contribution < 1.29 is 5.11 Å². The van der Waals surface area contributed by atoms with E-state index in [4.69, 9.17) is 5.11 Å². The summed E-state index contributed by atoms with van der Waals surface area (Å²) in [4.78, 5) is 0. The van der Waals surface area contributed by atoms with Gasteiger partial charge in [-0.05, 0) is 36.8 Å². The van der Waals surface area contributed by atoms with Crippen LogP contribution < -0.4 is 5.32 Å². The summed E-state index contributed by atoms with van der Waals surface area (Å²) in [6.45, 7) is 3.38. The highest BCUT2D eigenvalue weighted by Gasteiger charge is 2.19. The zero-order valence-corrected chi connectivity index (χ0v) is 11.4. The molecule has 1 aromatic rings. The Balaban J connectivity index is 1.78. The lowest BCUT2D eigenvalue weighted by atomic mass is 9.84. The van der Waals surface area contributed by atoms with Gasteiger partial charge in [-0.1, -0.05) is 43.5 Å². The molecule has 0 aromatic heterocycles. The molecule has 0 heterocycles. The second-order valence-corrected chi connectivity index (χ2v) is 5.54. The summed E-state index contributed by atoms with van der Waals surface area (Å²) in [5.74, 6) is 0.857. The number of aliphatic hydroxyl groups is 1. The third kappa shape index (κ3) is 3.82. The normalized spacial score (nSPS) is 18.8. The van der Waals surface area contributed by atoms with Crippen molar-refractivity contribution in [2.75, 3.05) is 0 Å². The molecule has 0 amide bonds. The van der Waals surface area contributed by atoms with Gasteiger partial charge < -0.3 is 10.4 Å². The second-order valence-electron chi connectivity index (χ2n) is 5.54. The molecule has 18 heavy (non-hydrogen) atoms. The summed E-state index contributed by atoms with van der Waals surface area (Å²) in [5, 5.41) is 12.6. The number of hydrogen-bond donors (Lipinski definition) is 2. The molecular formula is C16H25NO. The van der Waals surface area contributed by atoms with E-state index in [2.05, 4.69) is 24.4 Å². The largest absolute Gasteiger partial charge is 0.392 e. The number of nitrogens with one attached hydrogen (secondary N) is 1. The Labute approximate surface area is 110 Å². The summed E-state index contributed by atoms with van der Waals surface area (Å²) in [6.07, 6.45) is 7.00. The molecule has 0 spiro atoms. The van der Waals surface area contributed by atoms with Crippen molar-refractivity contribution in [3.63, 3.8) is 0 Å². The third-order valence-electron chi connectivity index (χ3n) is 4.19. The minimum Gasteiger partial charge on any atom is -0.392 e. The molecule has 1 aromatic carbocycles. The van der Waals surface area contributed by atoms with Crippen molar-refractivity contribution >= 4 is 0 Å². The molecule has 2 nitrogen and oxygen atoms in total. The van der Waals surface area contributed by atoms with E-state index in [1.54, 1.807) is 0 Å². The lowest BCUT2D eigenvalue weighted by Gasteiger charge is -2.28. The van der Waals surface area contributed by atoms with Gasteiger partial charge in [-0.25, -0.2) is 0 Å². The molecule has 1 aliphatic carbocycles. The topological polar surface area (TPSA) is 32.3 Å². The van der Waals surface area contributed by atoms with Crippen LogP contribution in [0.15, 0.2) is 24.3 Å². The van der Waals surface area contributed by atoms with Gasteiger partial charge in [0, 0.05) is 12.6 Å². The Hall–Kier alpha value is -0.860. The number of rotatable bonds is 5. The van der Waals surface area contributed by atoms with Crippen molar-refractivity contribution in [1.82, 2.24) is 5.32 Å². The number of benzene rings is 1. The van der Waals surface area contributed by atoms with Gasteiger partial charge in [0.05, 0.1) is 6.61 Å². The Morgan fingerprint density at radius 2 is 1.72 bits per heavy atom. The Morgan fingerprint density at radius 1 is 1.11 bits per heavy atom. The van der Waals surface area contributed by atoms with Crippen LogP contribution in [0.2, 0.25) is 0 Å². The summed E-state index contributed by atoms with van der Waals surface area (Å²) in [5.41, 5.74) is 2.29. The molecule has 0 radical (unpaired) electrons. The van der Waals surface area contributed by atoms with Crippen LogP contribution in [0.4, 0.5) is 0 Å². The van der Waals surface area contributed by atoms with E-state index in [1.165, 1.54) is 37.7 Å². The van der Waals surface area contributed by atoms with Crippen molar-refractivity contribution in [2.45, 2.75) is 58.2 Å². The highest BCUT2D eigenvalue weighted by atomic mass is 16.3. The monoisotopic (exact) mass is 247 g/mol. The average molecular weight is 247 g/mol. The van der Waals surface area contributed by atoms with Gasteiger partial charge in [-0.3, -0.25) is 0 Å². The Kier molecular flexibility index (Phi) is 5.21. The molecule has 0 aliphatic heterocycles. The molecule has 0 bridgehead atoms. The van der Waals surface area contributed by atoms with Crippen LogP contribution in [-0.2, 0) is 13.2 Å². The van der Waals surface area contributed by atoms with Gasteiger partial charge >= 0.3 is 0 Å². The zero-order valence-electron chi connectivity index (χ0n) is 11.4. The second kappa shape index (κ2) is 6.91. The fraction of sp³-hybridized carbons (Fsp3) is 0.625. The maximum atomic E-state index is 9.00. The van der Waals surface area contributed by atoms with Crippen molar-refractivity contribution in [3.05, 3.63) is 35.4 Å². The predicted octanol–water partition coefficient (Wildman–Crippen LogP) is 3.24. The molecule has 0 saturated heterocycles. The molecule has 1 aliphatic rings. The highest BCUT2D eigenvalue weighted by Crippen LogP contribution is 2.26. The van der Waals surface area contributed by atoms with Crippen LogP contribution in [-0.4, -0.2) is 11.1 Å². The van der Waals surface area contributed by atoms with Crippen molar-refractivity contribution in [1.29, 1.82) is 0 Å². The van der Waals surface area contributed by atoms with Gasteiger partial charge in [0.1, 0.15) is 0 Å². The molecule has 1 saturated carbocycles. The van der Waals surface area contributed by atoms with Crippen LogP contribution >= 0.6 is 0 Å². The minimum atomic E-state index is 0.131. The van der Waals surface area contributed by atoms with Crippen LogP contribution in [0.25, 0.3) is 0 Å². The summed E-state index contributed by atoms with van der Waals surface area (Å²) >= 11 is 0. The number of hydrogen-bond acceptors (Lipinski definition) is 2. The van der Waals surface area contributed by atoms with Crippen molar-refractivity contribution in [2.24, 2.45) is 5.92 Å². The smallest absolute Gasteiger partial charge is 0.0681 e. The van der Waals surface area contributed by atoms with Crippen LogP contribution in [0.5, 0.6) is 0 Å². The van der Waals surface area contributed by atoms with E-state index in [0.717, 1.165) is 18.0 Å². The first-order valence-corrected chi connectivity index (χ1v) is 7.21. The summed E-state index contributed by atoms with van der Waals surface area (Å²) in [7, 11) is 0. The van der Waals surface area contributed by atoms with Gasteiger partial charge in [-0.2, -0.15) is 0 Å². The van der Waals surface area contributed by atoms with Crippen LogP contribution in [0, 0.1) is 5.92 Å². The van der Waals surface area contributed by atoms with E-state index in [9.17, 15) is 0 Å². The molecule has 2 heteroatoms. The van der Waals surface area contributed by atoms with E-state index in [0.29, 0.717) is 6.04 Å². The van der Waals surface area contributed by atoms with Crippen LogP contribution in [0.3, 0.4) is 0 Å². The van der Waals surface area contributed by atoms with Gasteiger partial charge in [0.15, 0.2) is 0 Å². The van der Waals surface area contributed by atoms with Crippen LogP contribution in [0.1, 0.15) is 50.2 Å². The molecular weight excluding hydrogens is 222 g/mol. The average Bonchev–Trinajstić information content (AvgIpc) is 2.46. The molecule has 1 fully saturated rings. The number of aliphatic hydroxyl groups excluding tert-OH is 1. The molecule has 2 rings (SSSR count). The first-order chi connectivity index (χ1) is 8.79. The highest BCUT2D eigenvalue weighted by molar-refractivity contribution is 5.21. The summed E-state index contributed by atoms with van der Waals surface area (Å²) in [6, 6.07) is 8.82. The zero-order chi connectivity index (χ0) is 12.8. The SMILES string of the molecule is CC(NCc1ccc(CO)cc1)C1CCCCC1. The standard InChI is InChI=1S/C16H25NO/c1-13(16-5-3-2-4-6-16)17-11-14-7-9-15(12-18)10-8-14/h7-10,13,16-18H,2-6,11-12H2,1H3. The van der Waals surface area contributed by atoms with Gasteiger partial charge in [0.25, 0.3) is 0 Å². The maximum Gasteiger partial charge on any atom is 0.0681 e. The fourth-order valence-corrected chi connectivity index (χ4v) is 2.84. The molecule has 1 unspecified atom stereocenters. The first-order valence-electron chi connectivity index (χ1n) is 7.21. The lowest BCUT2D eigenvalue weighted by molar-refractivity contribution is 0.280. The van der Waals surface area contributed by atoms with Gasteiger partial charge in [-0.15, -0.1) is 0 Å². The quantitative estimate of drug-likeness (QED) is 0.837. The molecule has 2 N–H and O–H groups in total. The van der Waals surface area contributed by atoms with E-state index >= 15 is 0 Å². The maximum absolute atomic E-state index is 9.00. The van der Waals surface area contributed by atoms with Gasteiger partial charge in [0.2, 0.25) is 0 Å². The van der Waals surface area contributed by atoms with E-state index < -0.39 is 0 Å². The van der Waals surface area contributed by atoms with E-state index in [1.807, 2.05) is 12.1 Å². The Morgan fingerprint density at radius 3 is 2.33 bits per heavy atom. The summed E-state index contributed by atoms with van der Waals surface area (Å²) < 4.78 is 0. The first kappa shape index (κ1) is 13.6. The Bertz CT molecular complexity index is 341. The lowest BCUT2D eigenvalue weighted by Crippen LogP contribution is -2.34.